The Morgan fingerprint density at radius 2 is 0.982 bits per heavy atom. The van der Waals surface area contributed by atoms with Gasteiger partial charge in [-0.25, -0.2) is 15.0 Å². The van der Waals surface area contributed by atoms with Crippen molar-refractivity contribution in [2.75, 3.05) is 0 Å². The SMILES string of the molecule is c1ccc2cc(-c3nc(-c4cc(-n5c6ccccc6c6cc7ccccc7cc65)c5sc6ccccc6c5c4)nc(-c4cccc5ccccc45)n3)ccc2c1. The second-order valence-electron chi connectivity index (χ2n) is 14.4. The Bertz CT molecular complexity index is 3550. The lowest BCUT2D eigenvalue weighted by Gasteiger charge is -2.14. The van der Waals surface area contributed by atoms with Gasteiger partial charge >= 0.3 is 0 Å². The number of hydrogen-bond acceptors (Lipinski definition) is 4. The first-order chi connectivity index (χ1) is 27.7. The highest BCUT2D eigenvalue weighted by atomic mass is 32.1. The Morgan fingerprint density at radius 1 is 0.357 bits per heavy atom. The highest BCUT2D eigenvalue weighted by Crippen LogP contribution is 2.44. The molecule has 56 heavy (non-hydrogen) atoms. The summed E-state index contributed by atoms with van der Waals surface area (Å²) in [5.41, 5.74) is 6.31. The summed E-state index contributed by atoms with van der Waals surface area (Å²) in [6.45, 7) is 0. The minimum absolute atomic E-state index is 0.635. The van der Waals surface area contributed by atoms with Gasteiger partial charge in [0.05, 0.1) is 21.4 Å². The van der Waals surface area contributed by atoms with Gasteiger partial charge in [0.1, 0.15) is 0 Å². The fourth-order valence-electron chi connectivity index (χ4n) is 8.52. The van der Waals surface area contributed by atoms with E-state index in [1.54, 1.807) is 0 Å². The molecule has 4 nitrogen and oxygen atoms in total. The summed E-state index contributed by atoms with van der Waals surface area (Å²) in [6, 6.07) is 65.1. The first kappa shape index (κ1) is 31.2. The van der Waals surface area contributed by atoms with Gasteiger partial charge in [-0.3, -0.25) is 0 Å². The maximum Gasteiger partial charge on any atom is 0.164 e. The predicted octanol–water partition coefficient (Wildman–Crippen LogP) is 13.8. The molecule has 0 aliphatic rings. The number of thiophene rings is 1. The van der Waals surface area contributed by atoms with E-state index in [1.807, 2.05) is 11.3 Å². The van der Waals surface area contributed by atoms with Crippen LogP contribution in [0.1, 0.15) is 0 Å². The summed E-state index contributed by atoms with van der Waals surface area (Å²) >= 11 is 1.84. The van der Waals surface area contributed by atoms with E-state index >= 15 is 0 Å². The van der Waals surface area contributed by atoms with Crippen LogP contribution >= 0.6 is 11.3 Å². The molecule has 0 aliphatic heterocycles. The monoisotopic (exact) mass is 730 g/mol. The molecule has 0 N–H and O–H groups in total. The average molecular weight is 731 g/mol. The maximum absolute atomic E-state index is 5.34. The molecule has 3 heterocycles. The zero-order valence-corrected chi connectivity index (χ0v) is 30.8. The molecule has 5 heteroatoms. The highest BCUT2D eigenvalue weighted by Gasteiger charge is 2.21. The van der Waals surface area contributed by atoms with Crippen molar-refractivity contribution in [3.8, 4) is 39.9 Å². The fraction of sp³-hybridized carbons (Fsp3) is 0. The van der Waals surface area contributed by atoms with Crippen LogP contribution in [-0.2, 0) is 0 Å². The zero-order valence-electron chi connectivity index (χ0n) is 30.0. The van der Waals surface area contributed by atoms with Gasteiger partial charge in [-0.15, -0.1) is 11.3 Å². The second kappa shape index (κ2) is 12.2. The first-order valence-corrected chi connectivity index (χ1v) is 19.7. The van der Waals surface area contributed by atoms with E-state index in [9.17, 15) is 0 Å². The molecule has 0 amide bonds. The zero-order chi connectivity index (χ0) is 36.7. The summed E-state index contributed by atoms with van der Waals surface area (Å²) in [5.74, 6) is 1.93. The quantitative estimate of drug-likeness (QED) is 0.181. The molecule has 12 rings (SSSR count). The van der Waals surface area contributed by atoms with Crippen LogP contribution in [0.2, 0.25) is 0 Å². The Kier molecular flexibility index (Phi) is 6.76. The van der Waals surface area contributed by atoms with Gasteiger partial charge in [0.25, 0.3) is 0 Å². The highest BCUT2D eigenvalue weighted by molar-refractivity contribution is 7.26. The van der Waals surface area contributed by atoms with Gasteiger partial charge in [0, 0.05) is 42.9 Å². The predicted molar refractivity (Wildman–Crippen MR) is 236 cm³/mol. The third-order valence-electron chi connectivity index (χ3n) is 11.2. The Hall–Kier alpha value is -7.21. The molecule has 12 aromatic rings. The van der Waals surface area contributed by atoms with Crippen LogP contribution in [0.25, 0.3) is 114 Å². The van der Waals surface area contributed by atoms with Gasteiger partial charge < -0.3 is 4.57 Å². The van der Waals surface area contributed by atoms with E-state index in [2.05, 4.69) is 187 Å². The van der Waals surface area contributed by atoms with Crippen LogP contribution in [0.15, 0.2) is 182 Å². The fourth-order valence-corrected chi connectivity index (χ4v) is 9.71. The lowest BCUT2D eigenvalue weighted by molar-refractivity contribution is 1.08. The number of fused-ring (bicyclic) bond motifs is 9. The number of benzene rings is 9. The van der Waals surface area contributed by atoms with E-state index in [-0.39, 0.29) is 0 Å². The first-order valence-electron chi connectivity index (χ1n) is 18.8. The molecule has 0 saturated heterocycles. The lowest BCUT2D eigenvalue weighted by atomic mass is 10.0. The van der Waals surface area contributed by atoms with Crippen molar-refractivity contribution in [1.82, 2.24) is 19.5 Å². The van der Waals surface area contributed by atoms with Gasteiger partial charge in [0.15, 0.2) is 17.5 Å². The number of nitrogens with zero attached hydrogens (tertiary/aromatic N) is 4. The third kappa shape index (κ3) is 4.81. The molecule has 0 unspecified atom stereocenters. The molecule has 9 aromatic carbocycles. The third-order valence-corrected chi connectivity index (χ3v) is 12.4. The largest absolute Gasteiger partial charge is 0.308 e. The molecular formula is C51H30N4S. The second-order valence-corrected chi connectivity index (χ2v) is 15.5. The topological polar surface area (TPSA) is 43.6 Å². The van der Waals surface area contributed by atoms with Crippen molar-refractivity contribution < 1.29 is 0 Å². The van der Waals surface area contributed by atoms with Crippen molar-refractivity contribution in [3.63, 3.8) is 0 Å². The van der Waals surface area contributed by atoms with E-state index < -0.39 is 0 Å². The molecule has 0 radical (unpaired) electrons. The number of aromatic nitrogens is 4. The smallest absolute Gasteiger partial charge is 0.164 e. The van der Waals surface area contributed by atoms with Crippen LogP contribution in [-0.4, -0.2) is 19.5 Å². The summed E-state index contributed by atoms with van der Waals surface area (Å²) in [7, 11) is 0. The van der Waals surface area contributed by atoms with Crippen LogP contribution in [0.5, 0.6) is 0 Å². The van der Waals surface area contributed by atoms with Crippen molar-refractivity contribution in [2.45, 2.75) is 0 Å². The van der Waals surface area contributed by atoms with Crippen LogP contribution < -0.4 is 0 Å². The standard InChI is InChI=1S/C51H30N4S/c1-2-14-33-26-36(25-24-31(33)12-1)49-52-50(54-51(53-49)41-21-11-17-32-13-5-6-18-38(32)41)37-28-43-40-20-8-10-23-47(40)56-48(43)46(30-37)55-44-22-9-7-19-39(44)42-27-34-15-3-4-16-35(34)29-45(42)55/h1-30H. The van der Waals surface area contributed by atoms with Gasteiger partial charge in [-0.1, -0.05) is 140 Å². The van der Waals surface area contributed by atoms with E-state index in [0.29, 0.717) is 17.5 Å². The maximum atomic E-state index is 5.34. The van der Waals surface area contributed by atoms with Crippen LogP contribution in [0.4, 0.5) is 0 Å². The molecule has 0 spiro atoms. The molecule has 3 aromatic heterocycles. The molecule has 0 atom stereocenters. The Balaban J connectivity index is 1.18. The molecule has 260 valence electrons. The van der Waals surface area contributed by atoms with E-state index in [0.717, 1.165) is 44.1 Å². The number of para-hydroxylation sites is 1. The minimum atomic E-state index is 0.635. The lowest BCUT2D eigenvalue weighted by Crippen LogP contribution is -2.02. The van der Waals surface area contributed by atoms with Gasteiger partial charge in [-0.05, 0) is 74.8 Å². The summed E-state index contributed by atoms with van der Waals surface area (Å²) in [5, 5.41) is 11.9. The van der Waals surface area contributed by atoms with Gasteiger partial charge in [0.2, 0.25) is 0 Å². The summed E-state index contributed by atoms with van der Waals surface area (Å²) < 4.78 is 4.93. The van der Waals surface area contributed by atoms with Gasteiger partial charge in [-0.2, -0.15) is 0 Å². The molecule has 0 bridgehead atoms. The van der Waals surface area contributed by atoms with E-state index in [4.69, 9.17) is 15.0 Å². The Labute approximate surface area is 325 Å². The molecule has 0 saturated carbocycles. The van der Waals surface area contributed by atoms with Crippen LogP contribution in [0, 0.1) is 0 Å². The van der Waals surface area contributed by atoms with Crippen molar-refractivity contribution in [2.24, 2.45) is 0 Å². The van der Waals surface area contributed by atoms with Crippen molar-refractivity contribution >= 4 is 85.6 Å². The van der Waals surface area contributed by atoms with Crippen molar-refractivity contribution in [1.29, 1.82) is 0 Å². The Morgan fingerprint density at radius 3 is 1.82 bits per heavy atom. The summed E-state index contributed by atoms with van der Waals surface area (Å²) in [4.78, 5) is 15.9. The van der Waals surface area contributed by atoms with Crippen LogP contribution in [0.3, 0.4) is 0 Å². The summed E-state index contributed by atoms with van der Waals surface area (Å²) in [6.07, 6.45) is 0. The normalized spacial score (nSPS) is 11.9. The molecular weight excluding hydrogens is 701 g/mol. The van der Waals surface area contributed by atoms with E-state index in [1.165, 1.54) is 52.6 Å². The average Bonchev–Trinajstić information content (AvgIpc) is 3.80. The molecule has 0 aliphatic carbocycles. The minimum Gasteiger partial charge on any atom is -0.308 e. The van der Waals surface area contributed by atoms with Crippen molar-refractivity contribution in [3.05, 3.63) is 182 Å². The molecule has 0 fully saturated rings. The number of hydrogen-bond donors (Lipinski definition) is 0. The number of rotatable bonds is 4.